The highest BCUT2D eigenvalue weighted by Crippen LogP contribution is 2.39. The Kier molecular flexibility index (Phi) is 6.42. The minimum Gasteiger partial charge on any atom is -0.364 e. The molecule has 1 aliphatic carbocycles. The van der Waals surface area contributed by atoms with Crippen molar-refractivity contribution in [1.29, 1.82) is 10.5 Å². The lowest BCUT2D eigenvalue weighted by Crippen LogP contribution is -2.19. The number of nitrogens with one attached hydrogen (secondary N) is 2. The van der Waals surface area contributed by atoms with Crippen LogP contribution < -0.4 is 10.6 Å². The molecule has 0 spiro atoms. The van der Waals surface area contributed by atoms with Crippen LogP contribution >= 0.6 is 11.6 Å². The minimum absolute atomic E-state index is 0.225. The Bertz CT molecular complexity index is 1580. The Hall–Kier alpha value is -4.19. The number of hydrogen-bond acceptors (Lipinski definition) is 9. The number of nitriles is 2. The van der Waals surface area contributed by atoms with Gasteiger partial charge in [0.15, 0.2) is 17.2 Å². The summed E-state index contributed by atoms with van der Waals surface area (Å²) in [5, 5.41) is 35.4. The Morgan fingerprint density at radius 2 is 1.95 bits per heavy atom. The van der Waals surface area contributed by atoms with Crippen molar-refractivity contribution in [2.45, 2.75) is 39.3 Å². The largest absolute Gasteiger partial charge is 0.364 e. The van der Waals surface area contributed by atoms with E-state index in [-0.39, 0.29) is 11.6 Å². The van der Waals surface area contributed by atoms with Gasteiger partial charge in [0, 0.05) is 29.4 Å². The van der Waals surface area contributed by atoms with Gasteiger partial charge in [-0.2, -0.15) is 25.1 Å². The number of fused-ring (bicyclic) bond motifs is 1. The number of imidazole rings is 1. The number of nitrogens with zero attached hydrogens (tertiary/aromatic N) is 9. The standard InChI is InChI=1S/C25H26ClN11/c1-14-21(15(2)36(33-14)8-7-35(3)4)19-9-16(11-27)10-20(22(19)26)31-25-32-23(30-17-5-6-17)24-29-13-18(12-28)37(24)34-25/h9-10,13,17H,5-8H2,1-4H3,(H2,30,31,32,34). The fourth-order valence-corrected chi connectivity index (χ4v) is 4.46. The van der Waals surface area contributed by atoms with Gasteiger partial charge in [0.05, 0.1) is 40.8 Å². The smallest absolute Gasteiger partial charge is 0.247 e. The lowest BCUT2D eigenvalue weighted by Gasteiger charge is -2.14. The molecule has 5 rings (SSSR count). The van der Waals surface area contributed by atoms with Gasteiger partial charge in [-0.05, 0) is 52.9 Å². The van der Waals surface area contributed by atoms with E-state index in [2.05, 4.69) is 42.7 Å². The number of aromatic nitrogens is 6. The summed E-state index contributed by atoms with van der Waals surface area (Å²) < 4.78 is 3.41. The van der Waals surface area contributed by atoms with E-state index in [1.807, 2.05) is 32.6 Å². The number of hydrogen-bond donors (Lipinski definition) is 2. The Labute approximate surface area is 219 Å². The molecule has 0 saturated heterocycles. The molecule has 3 heterocycles. The quantitative estimate of drug-likeness (QED) is 0.358. The molecule has 1 aliphatic rings. The van der Waals surface area contributed by atoms with Gasteiger partial charge < -0.3 is 15.5 Å². The van der Waals surface area contributed by atoms with E-state index in [0.717, 1.165) is 42.9 Å². The molecule has 4 aromatic rings. The third-order valence-corrected chi connectivity index (χ3v) is 6.66. The molecule has 0 amide bonds. The molecule has 11 nitrogen and oxygen atoms in total. The van der Waals surface area contributed by atoms with Crippen LogP contribution in [0.1, 0.15) is 35.5 Å². The second-order valence-corrected chi connectivity index (χ2v) is 9.77. The van der Waals surface area contributed by atoms with Crippen molar-refractivity contribution in [2.75, 3.05) is 31.3 Å². The number of likely N-dealkylation sites (N-methyl/N-ethyl adjacent to an activating group) is 1. The molecule has 0 bridgehead atoms. The third kappa shape index (κ3) is 4.79. The van der Waals surface area contributed by atoms with E-state index in [1.165, 1.54) is 10.7 Å². The zero-order valence-electron chi connectivity index (χ0n) is 21.0. The first-order valence-corrected chi connectivity index (χ1v) is 12.3. The molecule has 0 atom stereocenters. The lowest BCUT2D eigenvalue weighted by molar-refractivity contribution is 0.370. The molecule has 37 heavy (non-hydrogen) atoms. The first kappa shape index (κ1) is 24.5. The van der Waals surface area contributed by atoms with Gasteiger partial charge in [-0.1, -0.05) is 11.6 Å². The van der Waals surface area contributed by atoms with Gasteiger partial charge in [0.2, 0.25) is 5.95 Å². The maximum absolute atomic E-state index is 9.77. The molecule has 12 heteroatoms. The van der Waals surface area contributed by atoms with Crippen LogP contribution in [0.4, 0.5) is 17.5 Å². The second-order valence-electron chi connectivity index (χ2n) is 9.39. The van der Waals surface area contributed by atoms with Gasteiger partial charge in [0.1, 0.15) is 6.07 Å². The van der Waals surface area contributed by atoms with Crippen molar-refractivity contribution in [1.82, 2.24) is 34.3 Å². The van der Waals surface area contributed by atoms with Crippen molar-refractivity contribution in [3.63, 3.8) is 0 Å². The maximum atomic E-state index is 9.77. The average molecular weight is 516 g/mol. The van der Waals surface area contributed by atoms with Gasteiger partial charge in [0.25, 0.3) is 0 Å². The molecule has 0 unspecified atom stereocenters. The highest BCUT2D eigenvalue weighted by molar-refractivity contribution is 6.36. The summed E-state index contributed by atoms with van der Waals surface area (Å²) >= 11 is 6.93. The number of halogens is 1. The van der Waals surface area contributed by atoms with Gasteiger partial charge in [-0.3, -0.25) is 4.68 Å². The molecule has 2 N–H and O–H groups in total. The molecule has 0 aliphatic heterocycles. The predicted octanol–water partition coefficient (Wildman–Crippen LogP) is 3.88. The minimum atomic E-state index is 0.225. The molecule has 1 fully saturated rings. The third-order valence-electron chi connectivity index (χ3n) is 6.25. The summed E-state index contributed by atoms with van der Waals surface area (Å²) in [4.78, 5) is 11.0. The van der Waals surface area contributed by atoms with Gasteiger partial charge in [-0.15, -0.1) is 5.10 Å². The van der Waals surface area contributed by atoms with Crippen LogP contribution in [-0.2, 0) is 6.54 Å². The Morgan fingerprint density at radius 1 is 1.16 bits per heavy atom. The van der Waals surface area contributed by atoms with E-state index < -0.39 is 0 Å². The van der Waals surface area contributed by atoms with Crippen molar-refractivity contribution in [3.05, 3.63) is 46.0 Å². The molecular formula is C25H26ClN11. The van der Waals surface area contributed by atoms with Crippen molar-refractivity contribution >= 4 is 34.7 Å². The molecule has 3 aromatic heterocycles. The summed E-state index contributed by atoms with van der Waals surface area (Å²) in [5.41, 5.74) is 5.05. The summed E-state index contributed by atoms with van der Waals surface area (Å²) in [6.07, 6.45) is 3.56. The van der Waals surface area contributed by atoms with Crippen LogP contribution in [-0.4, -0.2) is 60.9 Å². The summed E-state index contributed by atoms with van der Waals surface area (Å²) in [6, 6.07) is 8.08. The number of benzene rings is 1. The highest BCUT2D eigenvalue weighted by Gasteiger charge is 2.25. The highest BCUT2D eigenvalue weighted by atomic mass is 35.5. The van der Waals surface area contributed by atoms with E-state index in [9.17, 15) is 10.5 Å². The SMILES string of the molecule is Cc1nn(CCN(C)C)c(C)c1-c1cc(C#N)cc(Nc2nc(NC3CC3)c3ncc(C#N)n3n2)c1Cl. The number of aryl methyl sites for hydroxylation is 1. The lowest BCUT2D eigenvalue weighted by atomic mass is 10.0. The zero-order valence-corrected chi connectivity index (χ0v) is 21.8. The van der Waals surface area contributed by atoms with E-state index in [0.29, 0.717) is 39.3 Å². The van der Waals surface area contributed by atoms with E-state index in [1.54, 1.807) is 12.1 Å². The van der Waals surface area contributed by atoms with Crippen molar-refractivity contribution < 1.29 is 0 Å². The van der Waals surface area contributed by atoms with Crippen molar-refractivity contribution in [2.24, 2.45) is 0 Å². The maximum Gasteiger partial charge on any atom is 0.247 e. The average Bonchev–Trinajstić information content (AvgIpc) is 3.51. The first-order chi connectivity index (χ1) is 17.8. The summed E-state index contributed by atoms with van der Waals surface area (Å²) in [6.45, 7) is 5.52. The zero-order chi connectivity index (χ0) is 26.3. The van der Waals surface area contributed by atoms with Crippen LogP contribution in [0.3, 0.4) is 0 Å². The Morgan fingerprint density at radius 3 is 2.62 bits per heavy atom. The normalized spacial score (nSPS) is 13.1. The van der Waals surface area contributed by atoms with Crippen molar-refractivity contribution in [3.8, 4) is 23.3 Å². The predicted molar refractivity (Wildman–Crippen MR) is 141 cm³/mol. The van der Waals surface area contributed by atoms with Crippen LogP contribution in [0, 0.1) is 36.5 Å². The molecular weight excluding hydrogens is 490 g/mol. The summed E-state index contributed by atoms with van der Waals surface area (Å²) in [5.74, 6) is 0.756. The van der Waals surface area contributed by atoms with Gasteiger partial charge >= 0.3 is 0 Å². The van der Waals surface area contributed by atoms with Crippen LogP contribution in [0.25, 0.3) is 16.8 Å². The second kappa shape index (κ2) is 9.69. The van der Waals surface area contributed by atoms with E-state index in [4.69, 9.17) is 16.7 Å². The molecule has 188 valence electrons. The first-order valence-electron chi connectivity index (χ1n) is 11.9. The van der Waals surface area contributed by atoms with Crippen LogP contribution in [0.2, 0.25) is 5.02 Å². The van der Waals surface area contributed by atoms with Gasteiger partial charge in [-0.25, -0.2) is 4.98 Å². The topological polar surface area (TPSA) is 136 Å². The molecule has 1 saturated carbocycles. The number of anilines is 3. The summed E-state index contributed by atoms with van der Waals surface area (Å²) in [7, 11) is 4.04. The van der Waals surface area contributed by atoms with E-state index >= 15 is 0 Å². The molecule has 0 radical (unpaired) electrons. The monoisotopic (exact) mass is 515 g/mol. The fraction of sp³-hybridized carbons (Fsp3) is 0.360. The Balaban J connectivity index is 1.58. The number of rotatable bonds is 8. The fourth-order valence-electron chi connectivity index (χ4n) is 4.21. The van der Waals surface area contributed by atoms with Crippen LogP contribution in [0.15, 0.2) is 18.3 Å². The van der Waals surface area contributed by atoms with Crippen LogP contribution in [0.5, 0.6) is 0 Å². The molecule has 1 aromatic carbocycles.